The maximum atomic E-state index is 13.2. The number of aryl methyl sites for hydroxylation is 1. The third-order valence-corrected chi connectivity index (χ3v) is 2.60. The number of nitrogens with zero attached hydrogens (tertiary/aromatic N) is 1. The largest absolute Gasteiger partial charge is 0.494 e. The molecule has 0 atom stereocenters. The highest BCUT2D eigenvalue weighted by Crippen LogP contribution is 2.27. The normalized spacial score (nSPS) is 10.1. The molecule has 0 amide bonds. The standard InChI is InChI=1S/C13H9FN2O2/c1-7-4-8(2-3-11(7)14)9-5-12(17)16-13(18)10(9)6-15/h2-5H,1H3,(H2,16,17,18). The molecule has 2 N–H and O–H groups in total. The van der Waals surface area contributed by atoms with E-state index in [9.17, 15) is 14.3 Å². The van der Waals surface area contributed by atoms with E-state index in [0.717, 1.165) is 0 Å². The van der Waals surface area contributed by atoms with Gasteiger partial charge >= 0.3 is 0 Å². The van der Waals surface area contributed by atoms with Crippen LogP contribution in [0.3, 0.4) is 0 Å². The van der Waals surface area contributed by atoms with E-state index < -0.39 is 11.4 Å². The molecule has 2 rings (SSSR count). The van der Waals surface area contributed by atoms with Crippen LogP contribution >= 0.6 is 0 Å². The highest BCUT2D eigenvalue weighted by Gasteiger charge is 2.12. The molecule has 18 heavy (non-hydrogen) atoms. The second-order valence-corrected chi connectivity index (χ2v) is 3.85. The van der Waals surface area contributed by atoms with Crippen LogP contribution in [-0.2, 0) is 0 Å². The quantitative estimate of drug-likeness (QED) is 0.806. The van der Waals surface area contributed by atoms with Crippen LogP contribution in [0.4, 0.5) is 4.39 Å². The van der Waals surface area contributed by atoms with Crippen LogP contribution in [0.25, 0.3) is 11.1 Å². The minimum atomic E-state index is -0.525. The fourth-order valence-corrected chi connectivity index (χ4v) is 1.70. The number of halogens is 1. The highest BCUT2D eigenvalue weighted by molar-refractivity contribution is 5.72. The Labute approximate surface area is 102 Å². The first kappa shape index (κ1) is 11.9. The number of aromatic hydroxyl groups is 1. The number of aromatic amines is 1. The summed E-state index contributed by atoms with van der Waals surface area (Å²) in [4.78, 5) is 13.4. The molecule has 0 unspecified atom stereocenters. The topological polar surface area (TPSA) is 76.9 Å². The Morgan fingerprint density at radius 2 is 2.11 bits per heavy atom. The fraction of sp³-hybridized carbons (Fsp3) is 0.0769. The molecule has 90 valence electrons. The van der Waals surface area contributed by atoms with Crippen molar-refractivity contribution in [1.29, 1.82) is 5.26 Å². The van der Waals surface area contributed by atoms with Crippen LogP contribution < -0.4 is 5.56 Å². The number of pyridine rings is 1. The van der Waals surface area contributed by atoms with E-state index in [4.69, 9.17) is 5.26 Å². The van der Waals surface area contributed by atoms with Crippen molar-refractivity contribution in [3.63, 3.8) is 0 Å². The van der Waals surface area contributed by atoms with Crippen molar-refractivity contribution in [2.24, 2.45) is 0 Å². The molecule has 4 nitrogen and oxygen atoms in total. The Hall–Kier alpha value is -2.61. The van der Waals surface area contributed by atoms with Crippen molar-refractivity contribution in [2.45, 2.75) is 6.92 Å². The third-order valence-electron chi connectivity index (χ3n) is 2.60. The molecule has 0 bridgehead atoms. The Bertz CT molecular complexity index is 714. The van der Waals surface area contributed by atoms with E-state index in [1.807, 2.05) is 6.07 Å². The minimum absolute atomic E-state index is 0.0411. The second kappa shape index (κ2) is 4.34. The van der Waals surface area contributed by atoms with Crippen LogP contribution in [0.5, 0.6) is 5.88 Å². The van der Waals surface area contributed by atoms with E-state index in [0.29, 0.717) is 11.1 Å². The predicted octanol–water partition coefficient (Wildman–Crippen LogP) is 2.07. The molecule has 0 aliphatic carbocycles. The van der Waals surface area contributed by atoms with Gasteiger partial charge in [0.1, 0.15) is 17.4 Å². The summed E-state index contributed by atoms with van der Waals surface area (Å²) < 4.78 is 13.2. The van der Waals surface area contributed by atoms with E-state index in [1.54, 1.807) is 6.92 Å². The van der Waals surface area contributed by atoms with E-state index in [-0.39, 0.29) is 16.9 Å². The number of nitriles is 1. The first-order valence-corrected chi connectivity index (χ1v) is 5.16. The van der Waals surface area contributed by atoms with Gasteiger partial charge < -0.3 is 5.11 Å². The third kappa shape index (κ3) is 1.96. The molecule has 1 aromatic heterocycles. The maximum absolute atomic E-state index is 13.2. The lowest BCUT2D eigenvalue weighted by atomic mass is 10.00. The number of rotatable bonds is 1. The zero-order valence-electron chi connectivity index (χ0n) is 9.49. The van der Waals surface area contributed by atoms with E-state index >= 15 is 0 Å². The van der Waals surface area contributed by atoms with Gasteiger partial charge in [-0.25, -0.2) is 4.39 Å². The summed E-state index contributed by atoms with van der Waals surface area (Å²) in [5.74, 6) is -0.853. The monoisotopic (exact) mass is 244 g/mol. The lowest BCUT2D eigenvalue weighted by Gasteiger charge is -2.06. The summed E-state index contributed by atoms with van der Waals surface area (Å²) >= 11 is 0. The molecule has 0 radical (unpaired) electrons. The summed E-state index contributed by atoms with van der Waals surface area (Å²) in [5.41, 5.74) is 0.619. The van der Waals surface area contributed by atoms with Gasteiger partial charge in [0.15, 0.2) is 0 Å². The Kier molecular flexibility index (Phi) is 2.86. The number of nitrogens with one attached hydrogen (secondary N) is 1. The summed E-state index contributed by atoms with van der Waals surface area (Å²) in [6.45, 7) is 1.58. The molecule has 0 fully saturated rings. The van der Waals surface area contributed by atoms with Gasteiger partial charge in [-0.1, -0.05) is 6.07 Å². The zero-order valence-corrected chi connectivity index (χ0v) is 9.49. The summed E-state index contributed by atoms with van der Waals surface area (Å²) in [5, 5.41) is 18.5. The molecule has 0 saturated heterocycles. The number of H-pyrrole nitrogens is 1. The lowest BCUT2D eigenvalue weighted by molar-refractivity contribution is 0.450. The lowest BCUT2D eigenvalue weighted by Crippen LogP contribution is -2.06. The number of hydrogen-bond acceptors (Lipinski definition) is 3. The van der Waals surface area contributed by atoms with Crippen LogP contribution in [0.15, 0.2) is 29.1 Å². The second-order valence-electron chi connectivity index (χ2n) is 3.85. The van der Waals surface area contributed by atoms with Crippen molar-refractivity contribution < 1.29 is 9.50 Å². The Balaban J connectivity index is 2.74. The fourth-order valence-electron chi connectivity index (χ4n) is 1.70. The molecule has 1 aromatic carbocycles. The number of benzene rings is 1. The minimum Gasteiger partial charge on any atom is -0.494 e. The Morgan fingerprint density at radius 3 is 2.72 bits per heavy atom. The van der Waals surface area contributed by atoms with Crippen molar-refractivity contribution in [3.8, 4) is 23.1 Å². The average molecular weight is 244 g/mol. The summed E-state index contributed by atoms with van der Waals surface area (Å²) in [6, 6.07) is 7.24. The predicted molar refractivity (Wildman–Crippen MR) is 63.6 cm³/mol. The van der Waals surface area contributed by atoms with Crippen molar-refractivity contribution >= 4 is 0 Å². The molecule has 0 aliphatic heterocycles. The van der Waals surface area contributed by atoms with Gasteiger partial charge in [0.25, 0.3) is 5.56 Å². The maximum Gasteiger partial charge on any atom is 0.251 e. The van der Waals surface area contributed by atoms with Gasteiger partial charge in [-0.2, -0.15) is 5.26 Å². The van der Waals surface area contributed by atoms with Gasteiger partial charge in [-0.15, -0.1) is 0 Å². The number of hydrogen-bond donors (Lipinski definition) is 2. The molecule has 0 aliphatic rings. The van der Waals surface area contributed by atoms with Gasteiger partial charge in [-0.05, 0) is 30.2 Å². The Morgan fingerprint density at radius 1 is 1.39 bits per heavy atom. The summed E-state index contributed by atoms with van der Waals surface area (Å²) in [6.07, 6.45) is 0. The molecule has 0 saturated carbocycles. The van der Waals surface area contributed by atoms with Gasteiger partial charge in [0, 0.05) is 11.6 Å². The average Bonchev–Trinajstić information content (AvgIpc) is 2.32. The smallest absolute Gasteiger partial charge is 0.251 e. The van der Waals surface area contributed by atoms with Crippen molar-refractivity contribution in [3.05, 3.63) is 51.6 Å². The molecular weight excluding hydrogens is 235 g/mol. The SMILES string of the molecule is Cc1cc(-c2cc(=O)[nH]c(O)c2C#N)ccc1F. The first-order valence-electron chi connectivity index (χ1n) is 5.16. The van der Waals surface area contributed by atoms with Crippen LogP contribution in [0.2, 0.25) is 0 Å². The van der Waals surface area contributed by atoms with Gasteiger partial charge in [0.2, 0.25) is 5.88 Å². The van der Waals surface area contributed by atoms with Crippen LogP contribution in [0.1, 0.15) is 11.1 Å². The van der Waals surface area contributed by atoms with Crippen molar-refractivity contribution in [1.82, 2.24) is 4.98 Å². The number of aromatic nitrogens is 1. The summed E-state index contributed by atoms with van der Waals surface area (Å²) in [7, 11) is 0. The van der Waals surface area contributed by atoms with E-state index in [1.165, 1.54) is 24.3 Å². The van der Waals surface area contributed by atoms with E-state index in [2.05, 4.69) is 4.98 Å². The van der Waals surface area contributed by atoms with Crippen LogP contribution in [-0.4, -0.2) is 10.1 Å². The van der Waals surface area contributed by atoms with Crippen LogP contribution in [0, 0.1) is 24.1 Å². The van der Waals surface area contributed by atoms with Crippen molar-refractivity contribution in [2.75, 3.05) is 0 Å². The first-order chi connectivity index (χ1) is 8.52. The van der Waals surface area contributed by atoms with Gasteiger partial charge in [-0.3, -0.25) is 9.78 Å². The molecule has 5 heteroatoms. The molecule has 0 spiro atoms. The highest BCUT2D eigenvalue weighted by atomic mass is 19.1. The molecule has 1 heterocycles. The zero-order chi connectivity index (χ0) is 13.3. The molecular formula is C13H9FN2O2. The van der Waals surface area contributed by atoms with Gasteiger partial charge in [0.05, 0.1) is 0 Å². The molecule has 2 aromatic rings.